The molecule has 4 nitrogen and oxygen atoms in total. The smallest absolute Gasteiger partial charge is 0.427 e. The van der Waals surface area contributed by atoms with E-state index in [0.29, 0.717) is 4.47 Å². The van der Waals surface area contributed by atoms with Crippen molar-refractivity contribution in [1.82, 2.24) is 10.2 Å². The summed E-state index contributed by atoms with van der Waals surface area (Å²) in [7, 11) is 0. The number of nitrogens with zero attached hydrogens (tertiary/aromatic N) is 2. The molecule has 118 valence electrons. The standard InChI is InChI=1S/C14H12BrF3N2O2/c1-2-22-11-7-12(20-19-8-11)13(21,14(16,17)18)9-3-5-10(15)6-4-9/h3-8,21H,2H2,1H3. The summed E-state index contributed by atoms with van der Waals surface area (Å²) in [6, 6.07) is 6.20. The van der Waals surface area contributed by atoms with Crippen LogP contribution in [0.1, 0.15) is 18.2 Å². The highest BCUT2D eigenvalue weighted by Crippen LogP contribution is 2.44. The van der Waals surface area contributed by atoms with Gasteiger partial charge in [0, 0.05) is 10.5 Å². The lowest BCUT2D eigenvalue weighted by molar-refractivity contribution is -0.250. The van der Waals surface area contributed by atoms with E-state index in [0.717, 1.165) is 6.07 Å². The Hall–Kier alpha value is -1.67. The second-order valence-corrected chi connectivity index (χ2v) is 5.34. The van der Waals surface area contributed by atoms with Crippen molar-refractivity contribution in [3.05, 3.63) is 52.3 Å². The summed E-state index contributed by atoms with van der Waals surface area (Å²) >= 11 is 3.14. The number of hydrogen-bond acceptors (Lipinski definition) is 4. The summed E-state index contributed by atoms with van der Waals surface area (Å²) in [4.78, 5) is 0. The molecule has 2 aromatic rings. The van der Waals surface area contributed by atoms with Gasteiger partial charge < -0.3 is 9.84 Å². The van der Waals surface area contributed by atoms with E-state index in [-0.39, 0.29) is 17.9 Å². The summed E-state index contributed by atoms with van der Waals surface area (Å²) in [5.41, 5.74) is -4.27. The van der Waals surface area contributed by atoms with E-state index < -0.39 is 17.5 Å². The number of ether oxygens (including phenoxy) is 1. The third-order valence-electron chi connectivity index (χ3n) is 2.98. The first-order valence-electron chi connectivity index (χ1n) is 6.30. The lowest BCUT2D eigenvalue weighted by Gasteiger charge is -2.30. The van der Waals surface area contributed by atoms with Gasteiger partial charge in [0.15, 0.2) is 0 Å². The second kappa shape index (κ2) is 6.21. The van der Waals surface area contributed by atoms with Crippen LogP contribution in [0.25, 0.3) is 0 Å². The maximum absolute atomic E-state index is 13.5. The van der Waals surface area contributed by atoms with Gasteiger partial charge in [-0.3, -0.25) is 0 Å². The van der Waals surface area contributed by atoms with Gasteiger partial charge in [-0.15, -0.1) is 0 Å². The molecule has 22 heavy (non-hydrogen) atoms. The van der Waals surface area contributed by atoms with Gasteiger partial charge >= 0.3 is 6.18 Å². The topological polar surface area (TPSA) is 55.2 Å². The minimum absolute atomic E-state index is 0.104. The fourth-order valence-electron chi connectivity index (χ4n) is 1.92. The van der Waals surface area contributed by atoms with Crippen LogP contribution in [0.4, 0.5) is 13.2 Å². The quantitative estimate of drug-likeness (QED) is 0.887. The van der Waals surface area contributed by atoms with E-state index in [1.54, 1.807) is 6.92 Å². The summed E-state index contributed by atoms with van der Waals surface area (Å²) in [6.07, 6.45) is -3.79. The lowest BCUT2D eigenvalue weighted by atomic mass is 9.89. The molecule has 1 atom stereocenters. The summed E-state index contributed by atoms with van der Waals surface area (Å²) in [5.74, 6) is 0.104. The van der Waals surface area contributed by atoms with Crippen molar-refractivity contribution < 1.29 is 23.0 Å². The van der Waals surface area contributed by atoms with Gasteiger partial charge in [-0.05, 0) is 24.6 Å². The molecule has 2 rings (SSSR count). The van der Waals surface area contributed by atoms with Crippen LogP contribution in [0.5, 0.6) is 5.75 Å². The molecule has 0 spiro atoms. The van der Waals surface area contributed by atoms with Crippen molar-refractivity contribution in [2.24, 2.45) is 0 Å². The molecule has 1 aromatic heterocycles. The maximum Gasteiger partial charge on any atom is 0.427 e. The average molecular weight is 377 g/mol. The molecule has 0 aliphatic carbocycles. The van der Waals surface area contributed by atoms with Crippen molar-refractivity contribution in [1.29, 1.82) is 0 Å². The molecule has 0 aliphatic heterocycles. The van der Waals surface area contributed by atoms with Crippen molar-refractivity contribution >= 4 is 15.9 Å². The molecule has 8 heteroatoms. The summed E-state index contributed by atoms with van der Waals surface area (Å²) in [6.45, 7) is 1.94. The van der Waals surface area contributed by atoms with Gasteiger partial charge in [0.1, 0.15) is 11.4 Å². The Kier molecular flexibility index (Phi) is 4.72. The molecule has 1 unspecified atom stereocenters. The van der Waals surface area contributed by atoms with E-state index in [4.69, 9.17) is 4.74 Å². The van der Waals surface area contributed by atoms with E-state index in [1.165, 1.54) is 30.5 Å². The van der Waals surface area contributed by atoms with Gasteiger partial charge in [-0.25, -0.2) is 0 Å². The first-order chi connectivity index (χ1) is 10.3. The number of rotatable bonds is 4. The lowest BCUT2D eigenvalue weighted by Crippen LogP contribution is -2.44. The maximum atomic E-state index is 13.5. The van der Waals surface area contributed by atoms with Crippen LogP contribution in [-0.4, -0.2) is 28.1 Å². The monoisotopic (exact) mass is 376 g/mol. The number of aromatic nitrogens is 2. The Morgan fingerprint density at radius 3 is 2.41 bits per heavy atom. The van der Waals surface area contributed by atoms with Crippen molar-refractivity contribution in [2.75, 3.05) is 6.61 Å². The Labute approximate surface area is 133 Å². The van der Waals surface area contributed by atoms with Gasteiger partial charge in [0.2, 0.25) is 5.60 Å². The molecule has 1 aromatic carbocycles. The zero-order valence-electron chi connectivity index (χ0n) is 11.4. The van der Waals surface area contributed by atoms with Crippen LogP contribution >= 0.6 is 15.9 Å². The molecular formula is C14H12BrF3N2O2. The fourth-order valence-corrected chi connectivity index (χ4v) is 2.18. The number of alkyl halides is 3. The zero-order valence-corrected chi connectivity index (χ0v) is 13.0. The molecule has 0 radical (unpaired) electrons. The molecule has 0 saturated heterocycles. The summed E-state index contributed by atoms with van der Waals surface area (Å²) < 4.78 is 46.3. The molecule has 0 bridgehead atoms. The number of hydrogen-bond donors (Lipinski definition) is 1. The normalized spacial score (nSPS) is 14.5. The Morgan fingerprint density at radius 2 is 1.86 bits per heavy atom. The van der Waals surface area contributed by atoms with E-state index in [2.05, 4.69) is 26.1 Å². The SMILES string of the molecule is CCOc1cnnc(C(O)(c2ccc(Br)cc2)C(F)(F)F)c1. The third kappa shape index (κ3) is 3.07. The molecule has 0 fully saturated rings. The van der Waals surface area contributed by atoms with Crippen LogP contribution in [0.3, 0.4) is 0 Å². The Bertz CT molecular complexity index is 649. The molecule has 1 heterocycles. The Morgan fingerprint density at radius 1 is 1.23 bits per heavy atom. The number of halogens is 4. The predicted molar refractivity (Wildman–Crippen MR) is 76.4 cm³/mol. The highest BCUT2D eigenvalue weighted by molar-refractivity contribution is 9.10. The van der Waals surface area contributed by atoms with Gasteiger partial charge in [-0.1, -0.05) is 28.1 Å². The Balaban J connectivity index is 2.60. The largest absolute Gasteiger partial charge is 0.492 e. The minimum atomic E-state index is -4.97. The van der Waals surface area contributed by atoms with Crippen LogP contribution in [0.15, 0.2) is 41.0 Å². The highest BCUT2D eigenvalue weighted by Gasteiger charge is 2.57. The number of aliphatic hydroxyl groups is 1. The predicted octanol–water partition coefficient (Wildman–Crippen LogP) is 3.44. The molecular weight excluding hydrogens is 365 g/mol. The van der Waals surface area contributed by atoms with E-state index in [1.807, 2.05) is 0 Å². The van der Waals surface area contributed by atoms with Crippen molar-refractivity contribution in [3.8, 4) is 5.75 Å². The minimum Gasteiger partial charge on any atom is -0.492 e. The van der Waals surface area contributed by atoms with Crippen LogP contribution in [0.2, 0.25) is 0 Å². The van der Waals surface area contributed by atoms with Crippen molar-refractivity contribution in [2.45, 2.75) is 18.7 Å². The molecule has 0 saturated carbocycles. The van der Waals surface area contributed by atoms with Crippen LogP contribution < -0.4 is 4.74 Å². The molecule has 1 N–H and O–H groups in total. The van der Waals surface area contributed by atoms with Gasteiger partial charge in [0.25, 0.3) is 0 Å². The third-order valence-corrected chi connectivity index (χ3v) is 3.51. The first-order valence-corrected chi connectivity index (χ1v) is 7.09. The molecule has 0 amide bonds. The van der Waals surface area contributed by atoms with E-state index >= 15 is 0 Å². The van der Waals surface area contributed by atoms with Gasteiger partial charge in [-0.2, -0.15) is 23.4 Å². The first kappa shape index (κ1) is 16.7. The van der Waals surface area contributed by atoms with Crippen molar-refractivity contribution in [3.63, 3.8) is 0 Å². The highest BCUT2D eigenvalue weighted by atomic mass is 79.9. The van der Waals surface area contributed by atoms with E-state index in [9.17, 15) is 18.3 Å². The second-order valence-electron chi connectivity index (χ2n) is 4.42. The average Bonchev–Trinajstić information content (AvgIpc) is 2.46. The van der Waals surface area contributed by atoms with Crippen LogP contribution in [0, 0.1) is 0 Å². The zero-order chi connectivity index (χ0) is 16.4. The fraction of sp³-hybridized carbons (Fsp3) is 0.286. The van der Waals surface area contributed by atoms with Gasteiger partial charge in [0.05, 0.1) is 12.8 Å². The molecule has 0 aliphatic rings. The summed E-state index contributed by atoms with van der Waals surface area (Å²) in [5, 5.41) is 17.3. The number of benzene rings is 1. The van der Waals surface area contributed by atoms with Crippen LogP contribution in [-0.2, 0) is 5.60 Å².